The molecule has 0 aliphatic carbocycles. The maximum absolute atomic E-state index is 13.3. The summed E-state index contributed by atoms with van der Waals surface area (Å²) in [4.78, 5) is 7.77. The Hall–Kier alpha value is -2.91. The molecule has 23 heavy (non-hydrogen) atoms. The summed E-state index contributed by atoms with van der Waals surface area (Å²) in [5.41, 5.74) is 4.80. The van der Waals surface area contributed by atoms with E-state index in [2.05, 4.69) is 20.2 Å². The van der Waals surface area contributed by atoms with Crippen molar-refractivity contribution in [3.05, 3.63) is 36.5 Å². The Morgan fingerprint density at radius 3 is 2.48 bits per heavy atom. The Kier molecular flexibility index (Phi) is 3.51. The number of hydrogen-bond acceptors (Lipinski definition) is 5. The third-order valence-corrected chi connectivity index (χ3v) is 3.18. The molecule has 0 spiro atoms. The van der Waals surface area contributed by atoms with E-state index < -0.39 is 11.9 Å². The van der Waals surface area contributed by atoms with Crippen LogP contribution in [0.2, 0.25) is 0 Å². The molecule has 0 aromatic carbocycles. The zero-order chi connectivity index (χ0) is 16.6. The topological polar surface area (TPSA) is 87.4 Å². The fourth-order valence-corrected chi connectivity index (χ4v) is 2.13. The van der Waals surface area contributed by atoms with E-state index in [1.54, 1.807) is 6.07 Å². The largest absolute Gasteiger partial charge is 0.435 e. The lowest BCUT2D eigenvalue weighted by atomic mass is 10.1. The van der Waals surface area contributed by atoms with Gasteiger partial charge in [-0.15, -0.1) is 0 Å². The summed E-state index contributed by atoms with van der Waals surface area (Å²) in [5, 5.41) is 7.55. The number of nitrogen functional groups attached to an aromatic ring is 1. The van der Waals surface area contributed by atoms with Crippen LogP contribution in [0.4, 0.5) is 19.0 Å². The highest BCUT2D eigenvalue weighted by molar-refractivity contribution is 5.77. The molecule has 0 aliphatic heterocycles. The predicted octanol–water partition coefficient (Wildman–Crippen LogP) is 2.15. The first-order valence-corrected chi connectivity index (χ1v) is 6.67. The normalized spacial score (nSPS) is 11.8. The minimum atomic E-state index is -4.67. The molecule has 2 N–H and O–H groups in total. The molecule has 3 rings (SSSR count). The molecule has 10 heteroatoms. The van der Waals surface area contributed by atoms with Gasteiger partial charge in [0.05, 0.1) is 11.8 Å². The van der Waals surface area contributed by atoms with E-state index in [-0.39, 0.29) is 22.9 Å². The summed E-state index contributed by atoms with van der Waals surface area (Å²) in [6, 6.07) is 1.54. The quantitative estimate of drug-likeness (QED) is 0.798. The molecule has 0 unspecified atom stereocenters. The van der Waals surface area contributed by atoms with E-state index in [0.717, 1.165) is 4.68 Å². The molecule has 0 aliphatic rings. The first-order valence-electron chi connectivity index (χ1n) is 6.67. The van der Waals surface area contributed by atoms with Crippen LogP contribution in [0.5, 0.6) is 0 Å². The summed E-state index contributed by atoms with van der Waals surface area (Å²) in [6.45, 7) is 2.35. The van der Waals surface area contributed by atoms with E-state index in [1.807, 2.05) is 6.92 Å². The second-order valence-electron chi connectivity index (χ2n) is 4.65. The second-order valence-corrected chi connectivity index (χ2v) is 4.65. The molecule has 7 nitrogen and oxygen atoms in total. The monoisotopic (exact) mass is 323 g/mol. The molecule has 0 atom stereocenters. The average molecular weight is 323 g/mol. The number of anilines is 1. The molecular weight excluding hydrogens is 311 g/mol. The van der Waals surface area contributed by atoms with Gasteiger partial charge < -0.3 is 5.73 Å². The van der Waals surface area contributed by atoms with Gasteiger partial charge in [0.2, 0.25) is 0 Å². The maximum atomic E-state index is 13.3. The van der Waals surface area contributed by atoms with Gasteiger partial charge in [0.25, 0.3) is 5.95 Å². The van der Waals surface area contributed by atoms with Crippen molar-refractivity contribution in [1.29, 1.82) is 0 Å². The highest BCUT2D eigenvalue weighted by atomic mass is 19.4. The molecule has 0 saturated carbocycles. The lowest BCUT2D eigenvalue weighted by Gasteiger charge is -2.04. The van der Waals surface area contributed by atoms with Crippen molar-refractivity contribution < 1.29 is 13.2 Å². The number of aromatic nitrogens is 6. The van der Waals surface area contributed by atoms with E-state index in [9.17, 15) is 13.2 Å². The smallest absolute Gasteiger partial charge is 0.383 e. The summed E-state index contributed by atoms with van der Waals surface area (Å²) >= 11 is 0. The van der Waals surface area contributed by atoms with Gasteiger partial charge in [0, 0.05) is 30.7 Å². The fourth-order valence-electron chi connectivity index (χ4n) is 2.13. The van der Waals surface area contributed by atoms with Gasteiger partial charge in [-0.2, -0.15) is 28.1 Å². The van der Waals surface area contributed by atoms with Crippen LogP contribution < -0.4 is 5.73 Å². The number of nitrogens with two attached hydrogens (primary N) is 1. The van der Waals surface area contributed by atoms with Gasteiger partial charge in [-0.05, 0) is 13.0 Å². The van der Waals surface area contributed by atoms with Crippen LogP contribution >= 0.6 is 0 Å². The van der Waals surface area contributed by atoms with Crippen molar-refractivity contribution in [1.82, 2.24) is 29.5 Å². The molecule has 3 aromatic heterocycles. The van der Waals surface area contributed by atoms with Gasteiger partial charge in [0.15, 0.2) is 5.69 Å². The minimum Gasteiger partial charge on any atom is -0.383 e. The van der Waals surface area contributed by atoms with Crippen LogP contribution in [-0.4, -0.2) is 29.5 Å². The molecular formula is C13H12F3N7. The van der Waals surface area contributed by atoms with Gasteiger partial charge in [-0.3, -0.25) is 4.68 Å². The van der Waals surface area contributed by atoms with Gasteiger partial charge in [-0.1, -0.05) is 0 Å². The lowest BCUT2D eigenvalue weighted by molar-refractivity contribution is -0.140. The Morgan fingerprint density at radius 2 is 1.91 bits per heavy atom. The average Bonchev–Trinajstić information content (AvgIpc) is 3.11. The molecule has 0 radical (unpaired) electrons. The fraction of sp³-hybridized carbons (Fsp3) is 0.231. The van der Waals surface area contributed by atoms with Crippen molar-refractivity contribution in [3.63, 3.8) is 0 Å². The van der Waals surface area contributed by atoms with Crippen molar-refractivity contribution in [3.8, 4) is 17.1 Å². The zero-order valence-corrected chi connectivity index (χ0v) is 12.0. The van der Waals surface area contributed by atoms with E-state index >= 15 is 0 Å². The summed E-state index contributed by atoms with van der Waals surface area (Å²) in [5.74, 6) is -0.233. The lowest BCUT2D eigenvalue weighted by Crippen LogP contribution is -2.09. The third-order valence-electron chi connectivity index (χ3n) is 3.18. The van der Waals surface area contributed by atoms with E-state index in [1.165, 1.54) is 29.5 Å². The molecule has 0 saturated heterocycles. The maximum Gasteiger partial charge on any atom is 0.435 e. The molecule has 0 bridgehead atoms. The number of hydrogen-bond donors (Lipinski definition) is 1. The second kappa shape index (κ2) is 5.38. The first-order chi connectivity index (χ1) is 10.9. The molecule has 3 aromatic rings. The summed E-state index contributed by atoms with van der Waals surface area (Å²) < 4.78 is 42.4. The Bertz CT molecular complexity index is 820. The van der Waals surface area contributed by atoms with E-state index in [4.69, 9.17) is 5.73 Å². The summed E-state index contributed by atoms with van der Waals surface area (Å²) in [6.07, 6.45) is 0.926. The molecule has 0 fully saturated rings. The van der Waals surface area contributed by atoms with Gasteiger partial charge in [0.1, 0.15) is 5.82 Å². The molecule has 3 heterocycles. The Labute approximate surface area is 128 Å². The highest BCUT2D eigenvalue weighted by Crippen LogP contribution is 2.40. The molecule has 0 amide bonds. The van der Waals surface area contributed by atoms with Crippen molar-refractivity contribution in [2.45, 2.75) is 19.6 Å². The molecule has 120 valence electrons. The zero-order valence-electron chi connectivity index (χ0n) is 12.0. The van der Waals surface area contributed by atoms with Gasteiger partial charge >= 0.3 is 6.18 Å². The van der Waals surface area contributed by atoms with Crippen LogP contribution in [0.3, 0.4) is 0 Å². The van der Waals surface area contributed by atoms with Crippen LogP contribution in [0.15, 0.2) is 30.9 Å². The Morgan fingerprint density at radius 1 is 1.22 bits per heavy atom. The highest BCUT2D eigenvalue weighted by Gasteiger charge is 2.40. The van der Waals surface area contributed by atoms with Crippen molar-refractivity contribution in [2.75, 3.05) is 5.73 Å². The van der Waals surface area contributed by atoms with Crippen LogP contribution in [0, 0.1) is 0 Å². The van der Waals surface area contributed by atoms with Crippen LogP contribution in [-0.2, 0) is 12.7 Å². The Balaban J connectivity index is 2.23. The van der Waals surface area contributed by atoms with Crippen LogP contribution in [0.1, 0.15) is 12.6 Å². The number of alkyl halides is 3. The number of nitrogens with zero attached hydrogens (tertiary/aromatic N) is 6. The number of rotatable bonds is 3. The SMILES string of the molecule is CCn1cc(-c2c(C(F)(F)F)nn(-c3ncccn3)c2N)cn1. The number of halogens is 3. The van der Waals surface area contributed by atoms with Crippen molar-refractivity contribution in [2.24, 2.45) is 0 Å². The third kappa shape index (κ3) is 2.62. The van der Waals surface area contributed by atoms with E-state index in [0.29, 0.717) is 6.54 Å². The minimum absolute atomic E-state index is 0.0374. The van der Waals surface area contributed by atoms with Gasteiger partial charge in [-0.25, -0.2) is 9.97 Å². The van der Waals surface area contributed by atoms with Crippen molar-refractivity contribution >= 4 is 5.82 Å². The predicted molar refractivity (Wildman–Crippen MR) is 75.5 cm³/mol. The standard InChI is InChI=1S/C13H12F3N7/c1-2-22-7-8(6-20-22)9-10(13(14,15)16)21-23(11(9)17)12-18-4-3-5-19-12/h3-7H,2,17H2,1H3. The summed E-state index contributed by atoms with van der Waals surface area (Å²) in [7, 11) is 0. The number of aryl methyl sites for hydroxylation is 1. The van der Waals surface area contributed by atoms with Crippen LogP contribution in [0.25, 0.3) is 17.1 Å². The first kappa shape index (κ1) is 15.0.